The molecule has 0 radical (unpaired) electrons. The number of aromatic nitrogens is 5. The highest BCUT2D eigenvalue weighted by molar-refractivity contribution is 7.13. The molecule has 1 fully saturated rings. The molecule has 0 unspecified atom stereocenters. The smallest absolute Gasteiger partial charge is 0.258 e. The van der Waals surface area contributed by atoms with Gasteiger partial charge in [0.2, 0.25) is 5.95 Å². The maximum Gasteiger partial charge on any atom is 0.258 e. The third-order valence-corrected chi connectivity index (χ3v) is 6.64. The first kappa shape index (κ1) is 22.0. The van der Waals surface area contributed by atoms with Gasteiger partial charge in [0.1, 0.15) is 16.4 Å². The van der Waals surface area contributed by atoms with E-state index in [0.29, 0.717) is 47.4 Å². The zero-order chi connectivity index (χ0) is 23.9. The van der Waals surface area contributed by atoms with Crippen molar-refractivity contribution in [3.8, 4) is 27.8 Å². The van der Waals surface area contributed by atoms with Gasteiger partial charge in [0, 0.05) is 44.2 Å². The van der Waals surface area contributed by atoms with Crippen LogP contribution < -0.4 is 10.1 Å². The lowest BCUT2D eigenvalue weighted by Crippen LogP contribution is -2.36. The Morgan fingerprint density at radius 3 is 2.82 bits per heavy atom. The molecule has 1 saturated heterocycles. The van der Waals surface area contributed by atoms with Crippen molar-refractivity contribution in [1.82, 2.24) is 29.6 Å². The molecule has 4 heterocycles. The molecular formula is C23H23N7O3S. The highest BCUT2D eigenvalue weighted by atomic mass is 32.1. The molecule has 1 amide bonds. The molecule has 5 rings (SSSR count). The molecule has 0 spiro atoms. The van der Waals surface area contributed by atoms with Crippen molar-refractivity contribution in [1.29, 1.82) is 0 Å². The van der Waals surface area contributed by atoms with E-state index < -0.39 is 5.60 Å². The number of ether oxygens (including phenoxy) is 1. The Morgan fingerprint density at radius 1 is 1.21 bits per heavy atom. The monoisotopic (exact) mass is 477 g/mol. The number of nitrogens with one attached hydrogen (secondary N) is 1. The van der Waals surface area contributed by atoms with E-state index in [2.05, 4.69) is 20.4 Å². The van der Waals surface area contributed by atoms with E-state index in [1.807, 2.05) is 23.6 Å². The van der Waals surface area contributed by atoms with Crippen LogP contribution in [0.1, 0.15) is 12.0 Å². The standard InChI is InChI=1S/C23H23N7O3S/c1-29-10-8-23(32,21(29)31)15-6-4-5-14(11-15)20-25-18(13-34-20)16-7-9-24-22(26-16)27-17-12-30(2)28-19(17)33-3/h4-7,9,11-13,32H,8,10H2,1-3H3,(H,24,26,27)/t23-/m1/s1. The van der Waals surface area contributed by atoms with Crippen LogP contribution in [-0.4, -0.2) is 61.3 Å². The van der Waals surface area contributed by atoms with Gasteiger partial charge in [-0.3, -0.25) is 9.48 Å². The van der Waals surface area contributed by atoms with Gasteiger partial charge in [-0.2, -0.15) is 0 Å². The summed E-state index contributed by atoms with van der Waals surface area (Å²) in [4.78, 5) is 27.7. The zero-order valence-corrected chi connectivity index (χ0v) is 19.7. The Kier molecular flexibility index (Phi) is 5.50. The number of thiazole rings is 1. The summed E-state index contributed by atoms with van der Waals surface area (Å²) in [7, 11) is 5.05. The van der Waals surface area contributed by atoms with Gasteiger partial charge in [-0.1, -0.05) is 18.2 Å². The maximum atomic E-state index is 12.5. The molecule has 10 nitrogen and oxygen atoms in total. The molecule has 1 aliphatic heterocycles. The summed E-state index contributed by atoms with van der Waals surface area (Å²) in [6.07, 6.45) is 3.81. The van der Waals surface area contributed by atoms with Gasteiger partial charge in [-0.05, 0) is 17.7 Å². The number of aliphatic hydroxyl groups is 1. The summed E-state index contributed by atoms with van der Waals surface area (Å²) in [6, 6.07) is 9.16. The van der Waals surface area contributed by atoms with Gasteiger partial charge >= 0.3 is 0 Å². The molecule has 0 bridgehead atoms. The highest BCUT2D eigenvalue weighted by Crippen LogP contribution is 2.36. The predicted octanol–water partition coefficient (Wildman–Crippen LogP) is 2.80. The molecule has 174 valence electrons. The van der Waals surface area contributed by atoms with E-state index in [4.69, 9.17) is 9.72 Å². The molecule has 4 aromatic rings. The minimum atomic E-state index is -1.49. The fraction of sp³-hybridized carbons (Fsp3) is 0.261. The second-order valence-electron chi connectivity index (χ2n) is 8.07. The Bertz CT molecular complexity index is 1370. The second kappa shape index (κ2) is 8.50. The summed E-state index contributed by atoms with van der Waals surface area (Å²) in [5, 5.41) is 21.0. The minimum Gasteiger partial charge on any atom is -0.478 e. The molecule has 11 heteroatoms. The van der Waals surface area contributed by atoms with Crippen LogP contribution in [0.25, 0.3) is 22.0 Å². The first-order chi connectivity index (χ1) is 16.4. The normalized spacial score (nSPS) is 17.9. The Hall–Kier alpha value is -3.83. The van der Waals surface area contributed by atoms with Crippen LogP contribution in [0.2, 0.25) is 0 Å². The molecule has 1 atom stereocenters. The number of carbonyl (C=O) groups is 1. The first-order valence-electron chi connectivity index (χ1n) is 10.6. The molecule has 1 aromatic carbocycles. The molecule has 3 aromatic heterocycles. The van der Waals surface area contributed by atoms with Gasteiger partial charge in [0.15, 0.2) is 5.60 Å². The molecule has 34 heavy (non-hydrogen) atoms. The van der Waals surface area contributed by atoms with E-state index in [-0.39, 0.29) is 5.91 Å². The number of aryl methyl sites for hydroxylation is 1. The van der Waals surface area contributed by atoms with E-state index in [9.17, 15) is 9.90 Å². The number of nitrogens with zero attached hydrogens (tertiary/aromatic N) is 6. The van der Waals surface area contributed by atoms with Crippen LogP contribution in [0.4, 0.5) is 11.6 Å². The van der Waals surface area contributed by atoms with Crippen LogP contribution in [0.15, 0.2) is 48.1 Å². The maximum absolute atomic E-state index is 12.5. The van der Waals surface area contributed by atoms with Gasteiger partial charge < -0.3 is 20.1 Å². The first-order valence-corrected chi connectivity index (χ1v) is 11.5. The fourth-order valence-corrected chi connectivity index (χ4v) is 4.75. The van der Waals surface area contributed by atoms with Gasteiger partial charge in [-0.25, -0.2) is 15.0 Å². The summed E-state index contributed by atoms with van der Waals surface area (Å²) in [6.45, 7) is 0.524. The summed E-state index contributed by atoms with van der Waals surface area (Å²) < 4.78 is 6.91. The largest absolute Gasteiger partial charge is 0.478 e. The van der Waals surface area contributed by atoms with Crippen molar-refractivity contribution in [2.75, 3.05) is 26.0 Å². The Morgan fingerprint density at radius 2 is 2.06 bits per heavy atom. The van der Waals surface area contributed by atoms with Crippen LogP contribution in [0.3, 0.4) is 0 Å². The average Bonchev–Trinajstić information content (AvgIpc) is 3.55. The topological polar surface area (TPSA) is 118 Å². The summed E-state index contributed by atoms with van der Waals surface area (Å²) in [5.41, 5.74) is 1.93. The number of hydrogen-bond donors (Lipinski definition) is 2. The zero-order valence-electron chi connectivity index (χ0n) is 18.9. The van der Waals surface area contributed by atoms with Gasteiger partial charge in [0.05, 0.1) is 19.0 Å². The van der Waals surface area contributed by atoms with E-state index in [1.165, 1.54) is 11.3 Å². The number of carbonyl (C=O) groups excluding carboxylic acids is 1. The number of hydrogen-bond acceptors (Lipinski definition) is 9. The van der Waals surface area contributed by atoms with Gasteiger partial charge in [0.25, 0.3) is 11.8 Å². The van der Waals surface area contributed by atoms with Crippen molar-refractivity contribution >= 4 is 28.9 Å². The predicted molar refractivity (Wildman–Crippen MR) is 128 cm³/mol. The third kappa shape index (κ3) is 3.88. The number of amides is 1. The molecule has 0 saturated carbocycles. The van der Waals surface area contributed by atoms with Crippen LogP contribution in [-0.2, 0) is 17.4 Å². The Labute approximate surface area is 199 Å². The molecule has 2 N–H and O–H groups in total. The summed E-state index contributed by atoms with van der Waals surface area (Å²) in [5.74, 6) is 0.558. The van der Waals surface area contributed by atoms with E-state index >= 15 is 0 Å². The van der Waals surface area contributed by atoms with Crippen molar-refractivity contribution in [3.63, 3.8) is 0 Å². The van der Waals surface area contributed by atoms with Crippen LogP contribution in [0, 0.1) is 0 Å². The quantitative estimate of drug-likeness (QED) is 0.435. The SMILES string of the molecule is COc1nn(C)cc1Nc1nccc(-c2csc(-c3cccc([C@]4(O)CCN(C)C4=O)c3)n2)n1. The Balaban J connectivity index is 1.41. The lowest BCUT2D eigenvalue weighted by Gasteiger charge is -2.21. The van der Waals surface area contributed by atoms with E-state index in [1.54, 1.807) is 55.3 Å². The lowest BCUT2D eigenvalue weighted by atomic mass is 9.91. The summed E-state index contributed by atoms with van der Waals surface area (Å²) >= 11 is 1.47. The van der Waals surface area contributed by atoms with Crippen LogP contribution >= 0.6 is 11.3 Å². The number of rotatable bonds is 6. The van der Waals surface area contributed by atoms with Gasteiger partial charge in [-0.15, -0.1) is 16.4 Å². The average molecular weight is 478 g/mol. The number of anilines is 2. The number of likely N-dealkylation sites (N-methyl/N-ethyl adjacent to an activating group) is 1. The van der Waals surface area contributed by atoms with Crippen molar-refractivity contribution in [3.05, 3.63) is 53.7 Å². The van der Waals surface area contributed by atoms with Crippen LogP contribution in [0.5, 0.6) is 5.88 Å². The number of methoxy groups -OCH3 is 1. The molecule has 1 aliphatic rings. The fourth-order valence-electron chi connectivity index (χ4n) is 3.94. The second-order valence-corrected chi connectivity index (χ2v) is 8.93. The van der Waals surface area contributed by atoms with Crippen molar-refractivity contribution < 1.29 is 14.6 Å². The minimum absolute atomic E-state index is 0.282. The van der Waals surface area contributed by atoms with Crippen molar-refractivity contribution in [2.45, 2.75) is 12.0 Å². The molecular weight excluding hydrogens is 454 g/mol. The number of benzene rings is 1. The molecule has 0 aliphatic carbocycles. The number of likely N-dealkylation sites (tertiary alicyclic amines) is 1. The lowest BCUT2D eigenvalue weighted by molar-refractivity contribution is -0.143. The van der Waals surface area contributed by atoms with Crippen molar-refractivity contribution in [2.24, 2.45) is 7.05 Å². The van der Waals surface area contributed by atoms with E-state index in [0.717, 1.165) is 10.6 Å². The highest BCUT2D eigenvalue weighted by Gasteiger charge is 2.45. The third-order valence-electron chi connectivity index (χ3n) is 5.75.